The molecule has 0 aliphatic carbocycles. The molecule has 1 amide bonds. The number of non-ortho nitro benzene ring substituents is 2. The highest BCUT2D eigenvalue weighted by Crippen LogP contribution is 2.32. The van der Waals surface area contributed by atoms with Crippen LogP contribution in [-0.2, 0) is 4.79 Å². The van der Waals surface area contributed by atoms with E-state index >= 15 is 0 Å². The number of rotatable bonds is 5. The van der Waals surface area contributed by atoms with Gasteiger partial charge in [-0.05, 0) is 23.8 Å². The average molecular weight is 445 g/mol. The number of likely N-dealkylation sites (N-methyl/N-ethyl adjacent to an activating group) is 1. The van der Waals surface area contributed by atoms with E-state index in [1.165, 1.54) is 17.0 Å². The minimum atomic E-state index is -1.00. The van der Waals surface area contributed by atoms with Crippen molar-refractivity contribution < 1.29 is 24.2 Å². The number of nitrogens with zero attached hydrogens (tertiary/aromatic N) is 3. The van der Waals surface area contributed by atoms with Crippen LogP contribution < -0.4 is 4.74 Å². The van der Waals surface area contributed by atoms with E-state index in [0.717, 1.165) is 30.0 Å². The van der Waals surface area contributed by atoms with Crippen LogP contribution in [-0.4, -0.2) is 38.0 Å². The molecule has 0 atom stereocenters. The summed E-state index contributed by atoms with van der Waals surface area (Å²) in [5, 5.41) is 21.9. The Morgan fingerprint density at radius 2 is 1.77 bits per heavy atom. The second-order valence-corrected chi connectivity index (χ2v) is 7.63. The number of thiocarbonyl (C=S) groups is 1. The zero-order valence-corrected chi connectivity index (χ0v) is 16.8. The normalized spacial score (nSPS) is 14.8. The van der Waals surface area contributed by atoms with Crippen LogP contribution in [0.25, 0.3) is 6.08 Å². The molecule has 0 N–H and O–H groups in total. The van der Waals surface area contributed by atoms with E-state index in [-0.39, 0.29) is 17.2 Å². The smallest absolute Gasteiger partial charge is 0.344 e. The van der Waals surface area contributed by atoms with Crippen molar-refractivity contribution in [3.8, 4) is 5.75 Å². The molecule has 2 aromatic rings. The average Bonchev–Trinajstić information content (AvgIpc) is 2.94. The Morgan fingerprint density at radius 3 is 2.30 bits per heavy atom. The van der Waals surface area contributed by atoms with E-state index in [4.69, 9.17) is 17.0 Å². The fraction of sp³-hybridized carbons (Fsp3) is 0.0556. The molecule has 152 valence electrons. The highest BCUT2D eigenvalue weighted by molar-refractivity contribution is 8.26. The van der Waals surface area contributed by atoms with Gasteiger partial charge >= 0.3 is 5.97 Å². The summed E-state index contributed by atoms with van der Waals surface area (Å²) in [7, 11) is 1.56. The van der Waals surface area contributed by atoms with E-state index in [1.54, 1.807) is 25.3 Å². The number of benzene rings is 2. The van der Waals surface area contributed by atoms with E-state index < -0.39 is 27.2 Å². The summed E-state index contributed by atoms with van der Waals surface area (Å²) in [5.41, 5.74) is -0.995. The van der Waals surface area contributed by atoms with Crippen LogP contribution in [0.5, 0.6) is 5.75 Å². The number of ether oxygens (including phenoxy) is 1. The van der Waals surface area contributed by atoms with Gasteiger partial charge in [0.1, 0.15) is 10.1 Å². The molecular formula is C18H11N3O7S2. The minimum absolute atomic E-state index is 0.0925. The lowest BCUT2D eigenvalue weighted by Crippen LogP contribution is -2.22. The largest absolute Gasteiger partial charge is 0.423 e. The van der Waals surface area contributed by atoms with Crippen molar-refractivity contribution in [2.24, 2.45) is 0 Å². The van der Waals surface area contributed by atoms with Crippen LogP contribution in [0.4, 0.5) is 11.4 Å². The number of carbonyl (C=O) groups excluding carboxylic acids is 2. The molecule has 0 bridgehead atoms. The lowest BCUT2D eigenvalue weighted by atomic mass is 10.1. The number of thioether (sulfide) groups is 1. The number of hydrogen-bond acceptors (Lipinski definition) is 9. The molecule has 12 heteroatoms. The van der Waals surface area contributed by atoms with Crippen molar-refractivity contribution >= 4 is 57.6 Å². The van der Waals surface area contributed by atoms with Crippen molar-refractivity contribution in [3.63, 3.8) is 0 Å². The van der Waals surface area contributed by atoms with Crippen LogP contribution in [0.3, 0.4) is 0 Å². The van der Waals surface area contributed by atoms with E-state index in [0.29, 0.717) is 14.8 Å². The third-order valence-corrected chi connectivity index (χ3v) is 5.40. The van der Waals surface area contributed by atoms with E-state index in [1.807, 2.05) is 0 Å². The zero-order valence-electron chi connectivity index (χ0n) is 15.1. The first-order valence-corrected chi connectivity index (χ1v) is 9.36. The Balaban J connectivity index is 1.86. The van der Waals surface area contributed by atoms with Gasteiger partial charge in [-0.3, -0.25) is 29.9 Å². The molecule has 1 aliphatic heterocycles. The Bertz CT molecular complexity index is 1110. The van der Waals surface area contributed by atoms with Gasteiger partial charge in [0.05, 0.1) is 26.4 Å². The molecule has 1 saturated heterocycles. The summed E-state index contributed by atoms with van der Waals surface area (Å²) in [4.78, 5) is 46.5. The van der Waals surface area contributed by atoms with Gasteiger partial charge in [-0.15, -0.1) is 0 Å². The van der Waals surface area contributed by atoms with Crippen LogP contribution >= 0.6 is 24.0 Å². The summed E-state index contributed by atoms with van der Waals surface area (Å²) in [6.45, 7) is 0. The first kappa shape index (κ1) is 21.1. The Labute approximate surface area is 178 Å². The predicted octanol–water partition coefficient (Wildman–Crippen LogP) is 3.55. The van der Waals surface area contributed by atoms with Gasteiger partial charge in [0.15, 0.2) is 0 Å². The molecule has 1 aliphatic rings. The van der Waals surface area contributed by atoms with Gasteiger partial charge in [0, 0.05) is 19.2 Å². The maximum Gasteiger partial charge on any atom is 0.344 e. The molecule has 10 nitrogen and oxygen atoms in total. The number of amides is 1. The highest BCUT2D eigenvalue weighted by Gasteiger charge is 2.28. The second-order valence-electron chi connectivity index (χ2n) is 5.96. The number of carbonyl (C=O) groups is 2. The van der Waals surface area contributed by atoms with Crippen molar-refractivity contribution in [3.05, 3.63) is 78.7 Å². The third kappa shape index (κ3) is 4.50. The molecule has 0 aromatic heterocycles. The Kier molecular flexibility index (Phi) is 5.89. The predicted molar refractivity (Wildman–Crippen MR) is 112 cm³/mol. The van der Waals surface area contributed by atoms with Crippen molar-refractivity contribution in [2.45, 2.75) is 0 Å². The minimum Gasteiger partial charge on any atom is -0.423 e. The standard InChI is InChI=1S/C18H11N3O7S2/c1-19-16(22)15(30-18(19)29)6-10-3-2-4-14(5-10)28-17(23)11-7-12(20(24)25)9-13(8-11)21(26)27/h2-9H,1H3/b15-6-. The van der Waals surface area contributed by atoms with Gasteiger partial charge in [-0.1, -0.05) is 36.1 Å². The lowest BCUT2D eigenvalue weighted by molar-refractivity contribution is -0.394. The third-order valence-electron chi connectivity index (χ3n) is 3.91. The fourth-order valence-electron chi connectivity index (χ4n) is 2.45. The Morgan fingerprint density at radius 1 is 1.13 bits per heavy atom. The van der Waals surface area contributed by atoms with Crippen LogP contribution in [0.15, 0.2) is 47.4 Å². The molecule has 1 fully saturated rings. The highest BCUT2D eigenvalue weighted by atomic mass is 32.2. The van der Waals surface area contributed by atoms with Crippen LogP contribution in [0, 0.1) is 20.2 Å². The fourth-order valence-corrected chi connectivity index (χ4v) is 3.63. The first-order chi connectivity index (χ1) is 14.2. The van der Waals surface area contributed by atoms with Gasteiger partial charge in [-0.2, -0.15) is 0 Å². The van der Waals surface area contributed by atoms with Gasteiger partial charge in [-0.25, -0.2) is 4.79 Å². The van der Waals surface area contributed by atoms with Crippen molar-refractivity contribution in [2.75, 3.05) is 7.05 Å². The van der Waals surface area contributed by atoms with Crippen LogP contribution in [0.2, 0.25) is 0 Å². The first-order valence-electron chi connectivity index (χ1n) is 8.13. The number of nitro groups is 2. The number of esters is 1. The van der Waals surface area contributed by atoms with Crippen molar-refractivity contribution in [1.29, 1.82) is 0 Å². The maximum absolute atomic E-state index is 12.4. The molecule has 3 rings (SSSR count). The van der Waals surface area contributed by atoms with Gasteiger partial charge in [0.2, 0.25) is 0 Å². The summed E-state index contributed by atoms with van der Waals surface area (Å²) < 4.78 is 5.62. The van der Waals surface area contributed by atoms with Crippen molar-refractivity contribution in [1.82, 2.24) is 4.90 Å². The summed E-state index contributed by atoms with van der Waals surface area (Å²) in [5.74, 6) is -1.16. The lowest BCUT2D eigenvalue weighted by Gasteiger charge is -2.06. The van der Waals surface area contributed by atoms with E-state index in [9.17, 15) is 29.8 Å². The maximum atomic E-state index is 12.4. The zero-order chi connectivity index (χ0) is 22.0. The number of nitro benzene ring substituents is 2. The molecule has 0 saturated carbocycles. The molecule has 0 spiro atoms. The molecular weight excluding hydrogens is 434 g/mol. The summed E-state index contributed by atoms with van der Waals surface area (Å²) in [6, 6.07) is 8.74. The van der Waals surface area contributed by atoms with E-state index in [2.05, 4.69) is 0 Å². The quantitative estimate of drug-likeness (QED) is 0.169. The van der Waals surface area contributed by atoms with Crippen LogP contribution in [0.1, 0.15) is 15.9 Å². The summed E-state index contributed by atoms with van der Waals surface area (Å²) >= 11 is 6.20. The molecule has 2 aromatic carbocycles. The molecule has 1 heterocycles. The molecule has 0 radical (unpaired) electrons. The molecule has 0 unspecified atom stereocenters. The van der Waals surface area contributed by atoms with Gasteiger partial charge in [0.25, 0.3) is 17.3 Å². The SMILES string of the molecule is CN1C(=O)/C(=C/c2cccc(OC(=O)c3cc([N+](=O)[O-])cc([N+](=O)[O-])c3)c2)SC1=S. The topological polar surface area (TPSA) is 133 Å². The van der Waals surface area contributed by atoms with Gasteiger partial charge < -0.3 is 4.74 Å². The number of hydrogen-bond donors (Lipinski definition) is 0. The summed E-state index contributed by atoms with van der Waals surface area (Å²) in [6.07, 6.45) is 1.58. The second kappa shape index (κ2) is 8.39. The monoisotopic (exact) mass is 445 g/mol. The molecule has 30 heavy (non-hydrogen) atoms. The Hall–Kier alpha value is -3.64.